The molecular formula is C13H16FNO. The molecule has 0 heterocycles. The Balaban J connectivity index is 2.65. The molecule has 0 saturated carbocycles. The Morgan fingerprint density at radius 3 is 2.56 bits per heavy atom. The predicted molar refractivity (Wildman–Crippen MR) is 60.2 cm³/mol. The van der Waals surface area contributed by atoms with E-state index in [-0.39, 0.29) is 18.5 Å². The Bertz CT molecular complexity index is 395. The Labute approximate surface area is 95.7 Å². The summed E-state index contributed by atoms with van der Waals surface area (Å²) in [4.78, 5) is 0. The van der Waals surface area contributed by atoms with E-state index in [9.17, 15) is 4.39 Å². The summed E-state index contributed by atoms with van der Waals surface area (Å²) in [5.74, 6) is 0.0245. The third kappa shape index (κ3) is 3.32. The fraction of sp³-hybridized carbons (Fsp3) is 0.462. The zero-order chi connectivity index (χ0) is 12.1. The lowest BCUT2D eigenvalue weighted by Crippen LogP contribution is -2.15. The Morgan fingerprint density at radius 2 is 2.06 bits per heavy atom. The minimum Gasteiger partial charge on any atom is -0.373 e. The van der Waals surface area contributed by atoms with Crippen LogP contribution in [-0.4, -0.2) is 6.10 Å². The van der Waals surface area contributed by atoms with Crippen molar-refractivity contribution in [2.24, 2.45) is 5.92 Å². The second kappa shape index (κ2) is 5.62. The lowest BCUT2D eigenvalue weighted by molar-refractivity contribution is 0.0221. The molecule has 1 atom stereocenters. The van der Waals surface area contributed by atoms with Gasteiger partial charge < -0.3 is 4.74 Å². The lowest BCUT2D eigenvalue weighted by atomic mass is 10.1. The zero-order valence-corrected chi connectivity index (χ0v) is 9.83. The molecule has 0 spiro atoms. The van der Waals surface area contributed by atoms with Gasteiger partial charge in [0, 0.05) is 5.56 Å². The topological polar surface area (TPSA) is 33.0 Å². The van der Waals surface area contributed by atoms with Gasteiger partial charge in [0.05, 0.1) is 24.3 Å². The van der Waals surface area contributed by atoms with Crippen LogP contribution in [0, 0.1) is 23.1 Å². The second-order valence-corrected chi connectivity index (χ2v) is 4.18. The molecule has 0 N–H and O–H groups in total. The van der Waals surface area contributed by atoms with Gasteiger partial charge in [-0.2, -0.15) is 5.26 Å². The Kier molecular flexibility index (Phi) is 4.45. The number of halogens is 1. The van der Waals surface area contributed by atoms with Crippen molar-refractivity contribution < 1.29 is 9.13 Å². The van der Waals surface area contributed by atoms with E-state index in [0.717, 1.165) is 0 Å². The van der Waals surface area contributed by atoms with Gasteiger partial charge in [-0.25, -0.2) is 4.39 Å². The second-order valence-electron chi connectivity index (χ2n) is 4.18. The number of nitrogens with zero attached hydrogens (tertiary/aromatic N) is 1. The van der Waals surface area contributed by atoms with Crippen LogP contribution in [0.4, 0.5) is 4.39 Å². The largest absolute Gasteiger partial charge is 0.373 e. The van der Waals surface area contributed by atoms with Crippen molar-refractivity contribution in [2.45, 2.75) is 33.5 Å². The molecule has 16 heavy (non-hydrogen) atoms. The molecule has 0 aliphatic heterocycles. The van der Waals surface area contributed by atoms with E-state index in [4.69, 9.17) is 10.00 Å². The number of ether oxygens (including phenoxy) is 1. The fourth-order valence-electron chi connectivity index (χ4n) is 1.15. The molecule has 0 aromatic heterocycles. The average molecular weight is 221 g/mol. The van der Waals surface area contributed by atoms with Crippen LogP contribution in [0.2, 0.25) is 0 Å². The van der Waals surface area contributed by atoms with Crippen LogP contribution < -0.4 is 0 Å². The van der Waals surface area contributed by atoms with Crippen LogP contribution in [0.25, 0.3) is 0 Å². The van der Waals surface area contributed by atoms with Crippen molar-refractivity contribution in [3.8, 4) is 6.07 Å². The summed E-state index contributed by atoms with van der Waals surface area (Å²) in [7, 11) is 0. The molecule has 1 rings (SSSR count). The van der Waals surface area contributed by atoms with Crippen LogP contribution in [-0.2, 0) is 11.3 Å². The molecule has 86 valence electrons. The van der Waals surface area contributed by atoms with Crippen LogP contribution in [0.1, 0.15) is 31.9 Å². The van der Waals surface area contributed by atoms with E-state index < -0.39 is 0 Å². The van der Waals surface area contributed by atoms with Gasteiger partial charge >= 0.3 is 0 Å². The fourth-order valence-corrected chi connectivity index (χ4v) is 1.15. The summed E-state index contributed by atoms with van der Waals surface area (Å²) < 4.78 is 19.0. The molecule has 0 aliphatic rings. The molecule has 0 amide bonds. The summed E-state index contributed by atoms with van der Waals surface area (Å²) in [6.07, 6.45) is 0.0926. The van der Waals surface area contributed by atoms with Gasteiger partial charge in [0.2, 0.25) is 0 Å². The first-order valence-electron chi connectivity index (χ1n) is 5.34. The zero-order valence-electron chi connectivity index (χ0n) is 9.83. The standard InChI is InChI=1S/C13H16FNO/c1-9(2)10(3)16-8-12-5-4-11(7-15)6-13(12)14/h4-6,9-10H,8H2,1-3H3. The molecule has 1 aromatic carbocycles. The number of hydrogen-bond acceptors (Lipinski definition) is 2. The SMILES string of the molecule is CC(C)C(C)OCc1ccc(C#N)cc1F. The van der Waals surface area contributed by atoms with Gasteiger partial charge in [0.15, 0.2) is 0 Å². The maximum atomic E-state index is 13.5. The van der Waals surface area contributed by atoms with Crippen molar-refractivity contribution in [1.82, 2.24) is 0 Å². The van der Waals surface area contributed by atoms with Crippen molar-refractivity contribution >= 4 is 0 Å². The quantitative estimate of drug-likeness (QED) is 0.781. The van der Waals surface area contributed by atoms with Crippen LogP contribution in [0.15, 0.2) is 18.2 Å². The molecule has 0 bridgehead atoms. The first-order chi connectivity index (χ1) is 7.54. The monoisotopic (exact) mass is 221 g/mol. The molecule has 1 aromatic rings. The van der Waals surface area contributed by atoms with Crippen LogP contribution in [0.5, 0.6) is 0 Å². The van der Waals surface area contributed by atoms with Gasteiger partial charge in [0.1, 0.15) is 5.82 Å². The third-order valence-electron chi connectivity index (χ3n) is 2.62. The van der Waals surface area contributed by atoms with E-state index in [1.165, 1.54) is 6.07 Å². The highest BCUT2D eigenvalue weighted by atomic mass is 19.1. The number of hydrogen-bond donors (Lipinski definition) is 0. The molecular weight excluding hydrogens is 205 g/mol. The maximum Gasteiger partial charge on any atom is 0.130 e. The van der Waals surface area contributed by atoms with E-state index in [1.807, 2.05) is 13.0 Å². The highest BCUT2D eigenvalue weighted by molar-refractivity contribution is 5.32. The predicted octanol–water partition coefficient (Wildman–Crippen LogP) is 3.26. The summed E-state index contributed by atoms with van der Waals surface area (Å²) in [6.45, 7) is 6.32. The molecule has 1 unspecified atom stereocenters. The Hall–Kier alpha value is -1.40. The molecule has 3 heteroatoms. The molecule has 2 nitrogen and oxygen atoms in total. The molecule has 0 fully saturated rings. The summed E-state index contributed by atoms with van der Waals surface area (Å²) in [5.41, 5.74) is 0.824. The maximum absolute atomic E-state index is 13.5. The van der Waals surface area contributed by atoms with E-state index >= 15 is 0 Å². The third-order valence-corrected chi connectivity index (χ3v) is 2.62. The van der Waals surface area contributed by atoms with Crippen LogP contribution >= 0.6 is 0 Å². The van der Waals surface area contributed by atoms with E-state index in [0.29, 0.717) is 17.0 Å². The normalized spacial score (nSPS) is 12.5. The highest BCUT2D eigenvalue weighted by Crippen LogP contribution is 2.14. The smallest absolute Gasteiger partial charge is 0.130 e. The van der Waals surface area contributed by atoms with E-state index in [2.05, 4.69) is 13.8 Å². The minimum absolute atomic E-state index is 0.0926. The number of benzene rings is 1. The van der Waals surface area contributed by atoms with Gasteiger partial charge in [0.25, 0.3) is 0 Å². The summed E-state index contributed by atoms with van der Waals surface area (Å²) >= 11 is 0. The Morgan fingerprint density at radius 1 is 1.38 bits per heavy atom. The first-order valence-corrected chi connectivity index (χ1v) is 5.34. The van der Waals surface area contributed by atoms with Gasteiger partial charge in [-0.15, -0.1) is 0 Å². The van der Waals surface area contributed by atoms with Crippen molar-refractivity contribution in [3.05, 3.63) is 35.1 Å². The van der Waals surface area contributed by atoms with Crippen molar-refractivity contribution in [2.75, 3.05) is 0 Å². The number of nitriles is 1. The van der Waals surface area contributed by atoms with Gasteiger partial charge in [-0.1, -0.05) is 19.9 Å². The summed E-state index contributed by atoms with van der Waals surface area (Å²) in [5, 5.41) is 8.60. The average Bonchev–Trinajstić information content (AvgIpc) is 2.26. The first kappa shape index (κ1) is 12.7. The van der Waals surface area contributed by atoms with Crippen molar-refractivity contribution in [1.29, 1.82) is 5.26 Å². The van der Waals surface area contributed by atoms with Gasteiger partial charge in [-0.05, 0) is 25.0 Å². The van der Waals surface area contributed by atoms with Gasteiger partial charge in [-0.3, -0.25) is 0 Å². The lowest BCUT2D eigenvalue weighted by Gasteiger charge is -2.16. The van der Waals surface area contributed by atoms with Crippen molar-refractivity contribution in [3.63, 3.8) is 0 Å². The minimum atomic E-state index is -0.380. The molecule has 0 radical (unpaired) electrons. The van der Waals surface area contributed by atoms with Crippen LogP contribution in [0.3, 0.4) is 0 Å². The molecule has 0 saturated heterocycles. The molecule has 0 aliphatic carbocycles. The summed E-state index contributed by atoms with van der Waals surface area (Å²) in [6, 6.07) is 6.33. The highest BCUT2D eigenvalue weighted by Gasteiger charge is 2.09. The number of rotatable bonds is 4. The van der Waals surface area contributed by atoms with E-state index in [1.54, 1.807) is 12.1 Å².